The van der Waals surface area contributed by atoms with Crippen molar-refractivity contribution in [3.05, 3.63) is 11.9 Å². The predicted molar refractivity (Wildman–Crippen MR) is 66.7 cm³/mol. The normalized spacial score (nSPS) is 17.7. The van der Waals surface area contributed by atoms with Crippen molar-refractivity contribution in [3.8, 4) is 0 Å². The van der Waals surface area contributed by atoms with Crippen LogP contribution in [0.15, 0.2) is 6.07 Å². The maximum absolute atomic E-state index is 4.40. The molecular formula is C12H20N4. The smallest absolute Gasteiger partial charge is 0.132 e. The SMILES string of the molecule is CNc1cc(NC(C)C2CCC2)nc(C)n1. The van der Waals surface area contributed by atoms with Gasteiger partial charge in [0.25, 0.3) is 0 Å². The first kappa shape index (κ1) is 11.2. The third-order valence-electron chi connectivity index (χ3n) is 3.33. The van der Waals surface area contributed by atoms with Crippen LogP contribution in [-0.2, 0) is 0 Å². The van der Waals surface area contributed by atoms with Gasteiger partial charge in [-0.3, -0.25) is 0 Å². The van der Waals surface area contributed by atoms with Crippen molar-refractivity contribution in [1.82, 2.24) is 9.97 Å². The highest BCUT2D eigenvalue weighted by Crippen LogP contribution is 2.30. The van der Waals surface area contributed by atoms with Gasteiger partial charge in [0.2, 0.25) is 0 Å². The lowest BCUT2D eigenvalue weighted by Crippen LogP contribution is -2.31. The molecule has 0 spiro atoms. The lowest BCUT2D eigenvalue weighted by molar-refractivity contribution is 0.285. The van der Waals surface area contributed by atoms with E-state index >= 15 is 0 Å². The van der Waals surface area contributed by atoms with Crippen LogP contribution < -0.4 is 10.6 Å². The molecule has 4 heteroatoms. The monoisotopic (exact) mass is 220 g/mol. The molecule has 16 heavy (non-hydrogen) atoms. The van der Waals surface area contributed by atoms with Gasteiger partial charge in [-0.2, -0.15) is 0 Å². The Morgan fingerprint density at radius 3 is 2.56 bits per heavy atom. The predicted octanol–water partition coefficient (Wildman–Crippen LogP) is 2.43. The molecular weight excluding hydrogens is 200 g/mol. The standard InChI is InChI=1S/C12H20N4/c1-8(10-5-4-6-10)14-12-7-11(13-3)15-9(2)16-12/h7-8,10H,4-6H2,1-3H3,(H2,13,14,15,16). The molecule has 4 nitrogen and oxygen atoms in total. The fraction of sp³-hybridized carbons (Fsp3) is 0.667. The number of rotatable bonds is 4. The van der Waals surface area contributed by atoms with Gasteiger partial charge in [0.15, 0.2) is 0 Å². The van der Waals surface area contributed by atoms with E-state index in [1.807, 2.05) is 20.0 Å². The zero-order chi connectivity index (χ0) is 11.5. The first-order valence-electron chi connectivity index (χ1n) is 5.99. The average Bonchev–Trinajstić information content (AvgIpc) is 2.13. The second kappa shape index (κ2) is 4.68. The Kier molecular flexibility index (Phi) is 3.27. The van der Waals surface area contributed by atoms with Crippen LogP contribution in [0.25, 0.3) is 0 Å². The molecule has 0 amide bonds. The van der Waals surface area contributed by atoms with Crippen LogP contribution >= 0.6 is 0 Å². The van der Waals surface area contributed by atoms with Gasteiger partial charge in [-0.05, 0) is 32.6 Å². The van der Waals surface area contributed by atoms with Crippen molar-refractivity contribution in [2.45, 2.75) is 39.2 Å². The summed E-state index contributed by atoms with van der Waals surface area (Å²) in [6, 6.07) is 2.47. The molecule has 1 aliphatic rings. The van der Waals surface area contributed by atoms with Gasteiger partial charge < -0.3 is 10.6 Å². The molecule has 1 saturated carbocycles. The Balaban J connectivity index is 2.04. The summed E-state index contributed by atoms with van der Waals surface area (Å²) >= 11 is 0. The molecule has 88 valence electrons. The minimum absolute atomic E-state index is 0.507. The van der Waals surface area contributed by atoms with Crippen molar-refractivity contribution in [2.75, 3.05) is 17.7 Å². The zero-order valence-electron chi connectivity index (χ0n) is 10.2. The van der Waals surface area contributed by atoms with Crippen LogP contribution in [0, 0.1) is 12.8 Å². The van der Waals surface area contributed by atoms with Crippen molar-refractivity contribution < 1.29 is 0 Å². The third-order valence-corrected chi connectivity index (χ3v) is 3.33. The van der Waals surface area contributed by atoms with Crippen molar-refractivity contribution >= 4 is 11.6 Å². The molecule has 0 aromatic carbocycles. The third kappa shape index (κ3) is 2.43. The van der Waals surface area contributed by atoms with Crippen LogP contribution in [0.4, 0.5) is 11.6 Å². The zero-order valence-corrected chi connectivity index (χ0v) is 10.2. The molecule has 1 aromatic heterocycles. The lowest BCUT2D eigenvalue weighted by atomic mass is 9.80. The lowest BCUT2D eigenvalue weighted by Gasteiger charge is -2.32. The van der Waals surface area contributed by atoms with E-state index in [0.717, 1.165) is 23.4 Å². The fourth-order valence-electron chi connectivity index (χ4n) is 2.06. The Labute approximate surface area is 96.9 Å². The highest BCUT2D eigenvalue weighted by atomic mass is 15.1. The molecule has 0 radical (unpaired) electrons. The molecule has 2 N–H and O–H groups in total. The van der Waals surface area contributed by atoms with Gasteiger partial charge in [-0.15, -0.1) is 0 Å². The number of nitrogens with zero attached hydrogens (tertiary/aromatic N) is 2. The number of aromatic nitrogens is 2. The number of nitrogens with one attached hydrogen (secondary N) is 2. The minimum Gasteiger partial charge on any atom is -0.373 e. The van der Waals surface area contributed by atoms with E-state index < -0.39 is 0 Å². The topological polar surface area (TPSA) is 49.8 Å². The summed E-state index contributed by atoms with van der Waals surface area (Å²) in [5.41, 5.74) is 0. The molecule has 1 aliphatic carbocycles. The number of anilines is 2. The molecule has 0 saturated heterocycles. The van der Waals surface area contributed by atoms with Gasteiger partial charge in [0, 0.05) is 19.2 Å². The second-order valence-corrected chi connectivity index (χ2v) is 4.56. The Morgan fingerprint density at radius 1 is 1.31 bits per heavy atom. The molecule has 1 atom stereocenters. The van der Waals surface area contributed by atoms with E-state index in [2.05, 4.69) is 27.5 Å². The van der Waals surface area contributed by atoms with Gasteiger partial charge >= 0.3 is 0 Å². The summed E-state index contributed by atoms with van der Waals surface area (Å²) in [6.07, 6.45) is 4.06. The van der Waals surface area contributed by atoms with Crippen LogP contribution in [0.1, 0.15) is 32.0 Å². The van der Waals surface area contributed by atoms with Crippen molar-refractivity contribution in [3.63, 3.8) is 0 Å². The van der Waals surface area contributed by atoms with Crippen molar-refractivity contribution in [1.29, 1.82) is 0 Å². The van der Waals surface area contributed by atoms with Gasteiger partial charge in [0.1, 0.15) is 17.5 Å². The van der Waals surface area contributed by atoms with E-state index in [1.165, 1.54) is 19.3 Å². The summed E-state index contributed by atoms with van der Waals surface area (Å²) in [4.78, 5) is 8.68. The Morgan fingerprint density at radius 2 is 2.00 bits per heavy atom. The fourth-order valence-corrected chi connectivity index (χ4v) is 2.06. The number of hydrogen-bond acceptors (Lipinski definition) is 4. The Hall–Kier alpha value is -1.32. The summed E-state index contributed by atoms with van der Waals surface area (Å²) < 4.78 is 0. The molecule has 0 aliphatic heterocycles. The van der Waals surface area contributed by atoms with E-state index in [1.54, 1.807) is 0 Å². The Bertz CT molecular complexity index is 360. The largest absolute Gasteiger partial charge is 0.373 e. The molecule has 1 unspecified atom stereocenters. The first-order chi connectivity index (χ1) is 7.69. The summed E-state index contributed by atoms with van der Waals surface area (Å²) in [7, 11) is 1.88. The maximum atomic E-state index is 4.40. The molecule has 1 fully saturated rings. The molecule has 2 rings (SSSR count). The van der Waals surface area contributed by atoms with Crippen LogP contribution in [-0.4, -0.2) is 23.1 Å². The first-order valence-corrected chi connectivity index (χ1v) is 5.99. The molecule has 1 heterocycles. The highest BCUT2D eigenvalue weighted by molar-refractivity contribution is 5.47. The van der Waals surface area contributed by atoms with Crippen molar-refractivity contribution in [2.24, 2.45) is 5.92 Å². The minimum atomic E-state index is 0.507. The molecule has 0 bridgehead atoms. The van der Waals surface area contributed by atoms with Gasteiger partial charge in [-0.25, -0.2) is 9.97 Å². The van der Waals surface area contributed by atoms with E-state index in [9.17, 15) is 0 Å². The summed E-state index contributed by atoms with van der Waals surface area (Å²) in [5, 5.41) is 6.52. The van der Waals surface area contributed by atoms with E-state index in [4.69, 9.17) is 0 Å². The molecule has 1 aromatic rings. The highest BCUT2D eigenvalue weighted by Gasteiger charge is 2.23. The van der Waals surface area contributed by atoms with Crippen LogP contribution in [0.2, 0.25) is 0 Å². The van der Waals surface area contributed by atoms with Gasteiger partial charge in [0.05, 0.1) is 0 Å². The van der Waals surface area contributed by atoms with E-state index in [0.29, 0.717) is 6.04 Å². The van der Waals surface area contributed by atoms with E-state index in [-0.39, 0.29) is 0 Å². The summed E-state index contributed by atoms with van der Waals surface area (Å²) in [6.45, 7) is 4.15. The quantitative estimate of drug-likeness (QED) is 0.818. The maximum Gasteiger partial charge on any atom is 0.132 e. The second-order valence-electron chi connectivity index (χ2n) is 4.56. The summed E-state index contributed by atoms with van der Waals surface area (Å²) in [5.74, 6) is 3.41. The average molecular weight is 220 g/mol. The number of aryl methyl sites for hydroxylation is 1. The van der Waals surface area contributed by atoms with Crippen LogP contribution in [0.3, 0.4) is 0 Å². The van der Waals surface area contributed by atoms with Gasteiger partial charge in [-0.1, -0.05) is 6.42 Å². The number of hydrogen-bond donors (Lipinski definition) is 2. The van der Waals surface area contributed by atoms with Crippen LogP contribution in [0.5, 0.6) is 0 Å².